The van der Waals surface area contributed by atoms with Gasteiger partial charge in [0.05, 0.1) is 12.3 Å². The largest absolute Gasteiger partial charge is 0.493 e. The van der Waals surface area contributed by atoms with Crippen LogP contribution >= 0.6 is 15.9 Å². The minimum atomic E-state index is -0.235. The third-order valence-corrected chi connectivity index (χ3v) is 3.57. The third kappa shape index (κ3) is 4.46. The molecule has 0 spiro atoms. The van der Waals surface area contributed by atoms with E-state index in [2.05, 4.69) is 28.2 Å². The van der Waals surface area contributed by atoms with Crippen LogP contribution in [0.15, 0.2) is 40.9 Å². The Morgan fingerprint density at radius 3 is 2.71 bits per heavy atom. The number of hydrogen-bond donors (Lipinski definition) is 1. The maximum absolute atomic E-state index is 13.8. The molecule has 4 heteroatoms. The van der Waals surface area contributed by atoms with Crippen molar-refractivity contribution in [2.45, 2.75) is 26.8 Å². The van der Waals surface area contributed by atoms with Crippen LogP contribution in [0.25, 0.3) is 0 Å². The first-order valence-corrected chi connectivity index (χ1v) is 7.80. The SMILES string of the molecule is CCCOc1ccc(Br)cc1CNc1ccc(C)cc1F. The van der Waals surface area contributed by atoms with E-state index < -0.39 is 0 Å². The van der Waals surface area contributed by atoms with Gasteiger partial charge < -0.3 is 10.1 Å². The van der Waals surface area contributed by atoms with Gasteiger partial charge in [-0.1, -0.05) is 28.9 Å². The fraction of sp³-hybridized carbons (Fsp3) is 0.294. The van der Waals surface area contributed by atoms with E-state index in [0.717, 1.165) is 27.8 Å². The van der Waals surface area contributed by atoms with Gasteiger partial charge in [0.15, 0.2) is 0 Å². The van der Waals surface area contributed by atoms with E-state index in [-0.39, 0.29) is 5.82 Å². The molecular weight excluding hydrogens is 333 g/mol. The second-order valence-corrected chi connectivity index (χ2v) is 5.85. The zero-order valence-electron chi connectivity index (χ0n) is 12.2. The van der Waals surface area contributed by atoms with Gasteiger partial charge in [-0.15, -0.1) is 0 Å². The van der Waals surface area contributed by atoms with Crippen molar-refractivity contribution in [2.75, 3.05) is 11.9 Å². The summed E-state index contributed by atoms with van der Waals surface area (Å²) in [4.78, 5) is 0. The van der Waals surface area contributed by atoms with Gasteiger partial charge in [0, 0.05) is 16.6 Å². The number of halogens is 2. The van der Waals surface area contributed by atoms with Gasteiger partial charge in [-0.3, -0.25) is 0 Å². The van der Waals surface area contributed by atoms with Crippen LogP contribution in [0.1, 0.15) is 24.5 Å². The standard InChI is InChI=1S/C17H19BrFNO/c1-3-8-21-17-7-5-14(18)10-13(17)11-20-16-6-4-12(2)9-15(16)19/h4-7,9-10,20H,3,8,11H2,1-2H3. The van der Waals surface area contributed by atoms with Crippen molar-refractivity contribution in [1.29, 1.82) is 0 Å². The van der Waals surface area contributed by atoms with Crippen LogP contribution in [0.3, 0.4) is 0 Å². The molecule has 0 unspecified atom stereocenters. The molecule has 0 saturated heterocycles. The summed E-state index contributed by atoms with van der Waals surface area (Å²) >= 11 is 3.46. The van der Waals surface area contributed by atoms with Crippen molar-refractivity contribution >= 4 is 21.6 Å². The van der Waals surface area contributed by atoms with E-state index in [1.54, 1.807) is 6.07 Å². The highest BCUT2D eigenvalue weighted by Gasteiger charge is 2.07. The summed E-state index contributed by atoms with van der Waals surface area (Å²) in [7, 11) is 0. The molecule has 0 amide bonds. The minimum Gasteiger partial charge on any atom is -0.493 e. The van der Waals surface area contributed by atoms with Gasteiger partial charge in [-0.05, 0) is 49.2 Å². The molecule has 112 valence electrons. The lowest BCUT2D eigenvalue weighted by atomic mass is 10.1. The Hall–Kier alpha value is -1.55. The summed E-state index contributed by atoms with van der Waals surface area (Å²) in [5.41, 5.74) is 2.41. The molecule has 21 heavy (non-hydrogen) atoms. The molecule has 0 aliphatic heterocycles. The number of hydrogen-bond acceptors (Lipinski definition) is 2. The topological polar surface area (TPSA) is 21.3 Å². The van der Waals surface area contributed by atoms with Crippen molar-refractivity contribution in [3.63, 3.8) is 0 Å². The lowest BCUT2D eigenvalue weighted by Crippen LogP contribution is -2.05. The second-order valence-electron chi connectivity index (χ2n) is 4.94. The molecule has 0 radical (unpaired) electrons. The smallest absolute Gasteiger partial charge is 0.146 e. The molecule has 0 bridgehead atoms. The first kappa shape index (κ1) is 15.8. The highest BCUT2D eigenvalue weighted by atomic mass is 79.9. The molecule has 0 fully saturated rings. The predicted molar refractivity (Wildman–Crippen MR) is 88.4 cm³/mol. The average Bonchev–Trinajstić information content (AvgIpc) is 2.45. The molecule has 0 saturated carbocycles. The molecule has 0 heterocycles. The molecule has 1 N–H and O–H groups in total. The number of aryl methyl sites for hydroxylation is 1. The van der Waals surface area contributed by atoms with Crippen molar-refractivity contribution in [1.82, 2.24) is 0 Å². The number of anilines is 1. The number of nitrogens with one attached hydrogen (secondary N) is 1. The lowest BCUT2D eigenvalue weighted by molar-refractivity contribution is 0.314. The maximum Gasteiger partial charge on any atom is 0.146 e. The summed E-state index contributed by atoms with van der Waals surface area (Å²) in [5, 5.41) is 3.12. The summed E-state index contributed by atoms with van der Waals surface area (Å²) in [6.45, 7) is 5.13. The van der Waals surface area contributed by atoms with E-state index in [9.17, 15) is 4.39 Å². The fourth-order valence-electron chi connectivity index (χ4n) is 1.99. The summed E-state index contributed by atoms with van der Waals surface area (Å²) < 4.78 is 20.5. The maximum atomic E-state index is 13.8. The second kappa shape index (κ2) is 7.46. The Bertz CT molecular complexity index is 616. The van der Waals surface area contributed by atoms with Crippen molar-refractivity contribution in [3.05, 3.63) is 57.8 Å². The first-order chi connectivity index (χ1) is 10.1. The quantitative estimate of drug-likeness (QED) is 0.762. The lowest BCUT2D eigenvalue weighted by Gasteiger charge is -2.13. The Labute approximate surface area is 133 Å². The monoisotopic (exact) mass is 351 g/mol. The number of ether oxygens (including phenoxy) is 1. The number of rotatable bonds is 6. The van der Waals surface area contributed by atoms with E-state index in [1.165, 1.54) is 6.07 Å². The van der Waals surface area contributed by atoms with Crippen LogP contribution < -0.4 is 10.1 Å². The van der Waals surface area contributed by atoms with Gasteiger partial charge in [0.2, 0.25) is 0 Å². The van der Waals surface area contributed by atoms with Crippen LogP contribution in [0.2, 0.25) is 0 Å². The van der Waals surface area contributed by atoms with E-state index >= 15 is 0 Å². The average molecular weight is 352 g/mol. The van der Waals surface area contributed by atoms with Crippen LogP contribution in [0.5, 0.6) is 5.75 Å². The molecule has 0 aliphatic carbocycles. The summed E-state index contributed by atoms with van der Waals surface area (Å²) in [5.74, 6) is 0.598. The number of benzene rings is 2. The van der Waals surface area contributed by atoms with Crippen LogP contribution in [0.4, 0.5) is 10.1 Å². The van der Waals surface area contributed by atoms with Gasteiger partial charge >= 0.3 is 0 Å². The predicted octanol–water partition coefficient (Wildman–Crippen LogP) is 5.30. The zero-order chi connectivity index (χ0) is 15.2. The summed E-state index contributed by atoms with van der Waals surface area (Å²) in [6, 6.07) is 11.0. The van der Waals surface area contributed by atoms with Crippen molar-refractivity contribution in [3.8, 4) is 5.75 Å². The third-order valence-electron chi connectivity index (χ3n) is 3.08. The van der Waals surface area contributed by atoms with Crippen LogP contribution in [0, 0.1) is 12.7 Å². The van der Waals surface area contributed by atoms with Crippen molar-refractivity contribution < 1.29 is 9.13 Å². The van der Waals surface area contributed by atoms with Gasteiger partial charge in [0.25, 0.3) is 0 Å². The summed E-state index contributed by atoms with van der Waals surface area (Å²) in [6.07, 6.45) is 0.954. The van der Waals surface area contributed by atoms with Crippen molar-refractivity contribution in [2.24, 2.45) is 0 Å². The van der Waals surface area contributed by atoms with E-state index in [4.69, 9.17) is 4.74 Å². The highest BCUT2D eigenvalue weighted by Crippen LogP contribution is 2.25. The Kier molecular flexibility index (Phi) is 5.62. The zero-order valence-corrected chi connectivity index (χ0v) is 13.8. The molecule has 0 aliphatic rings. The Morgan fingerprint density at radius 1 is 1.19 bits per heavy atom. The molecular formula is C17H19BrFNO. The molecule has 0 aromatic heterocycles. The fourth-order valence-corrected chi connectivity index (χ4v) is 2.40. The minimum absolute atomic E-state index is 0.235. The molecule has 2 aromatic rings. The first-order valence-electron chi connectivity index (χ1n) is 7.01. The highest BCUT2D eigenvalue weighted by molar-refractivity contribution is 9.10. The molecule has 2 nitrogen and oxygen atoms in total. The van der Waals surface area contributed by atoms with Crippen LogP contribution in [-0.2, 0) is 6.54 Å². The van der Waals surface area contributed by atoms with E-state index in [1.807, 2.05) is 31.2 Å². The Morgan fingerprint density at radius 2 is 2.00 bits per heavy atom. The van der Waals surface area contributed by atoms with Crippen LogP contribution in [-0.4, -0.2) is 6.61 Å². The molecule has 0 atom stereocenters. The van der Waals surface area contributed by atoms with E-state index in [0.29, 0.717) is 18.8 Å². The normalized spacial score (nSPS) is 10.5. The molecule has 2 rings (SSSR count). The molecule has 2 aromatic carbocycles. The Balaban J connectivity index is 2.12. The van der Waals surface area contributed by atoms with Gasteiger partial charge in [0.1, 0.15) is 11.6 Å². The van der Waals surface area contributed by atoms with Gasteiger partial charge in [-0.25, -0.2) is 4.39 Å². The van der Waals surface area contributed by atoms with Gasteiger partial charge in [-0.2, -0.15) is 0 Å².